The first-order valence-electron chi connectivity index (χ1n) is 10.9. The lowest BCUT2D eigenvalue weighted by molar-refractivity contribution is -0.131. The van der Waals surface area contributed by atoms with E-state index in [0.717, 1.165) is 58.2 Å². The van der Waals surface area contributed by atoms with Gasteiger partial charge >= 0.3 is 0 Å². The van der Waals surface area contributed by atoms with Crippen molar-refractivity contribution in [3.63, 3.8) is 0 Å². The van der Waals surface area contributed by atoms with E-state index in [-0.39, 0.29) is 23.7 Å². The summed E-state index contributed by atoms with van der Waals surface area (Å²) in [5.74, 6) is 0.0328. The monoisotopic (exact) mass is 386 g/mol. The lowest BCUT2D eigenvalue weighted by atomic mass is 9.88. The number of piperidine rings is 1. The van der Waals surface area contributed by atoms with E-state index in [0.29, 0.717) is 13.2 Å². The molecular weight excluding hydrogens is 352 g/mol. The van der Waals surface area contributed by atoms with Crippen molar-refractivity contribution < 1.29 is 14.3 Å². The molecule has 2 atom stereocenters. The Kier molecular flexibility index (Phi) is 6.04. The molecule has 0 unspecified atom stereocenters. The van der Waals surface area contributed by atoms with Crippen LogP contribution in [-0.4, -0.2) is 54.9 Å². The molecule has 0 saturated carbocycles. The number of nitrogens with one attached hydrogen (secondary N) is 1. The summed E-state index contributed by atoms with van der Waals surface area (Å²) in [6.45, 7) is 8.90. The first kappa shape index (κ1) is 19.9. The molecule has 28 heavy (non-hydrogen) atoms. The Bertz CT molecular complexity index is 691. The molecule has 154 valence electrons. The van der Waals surface area contributed by atoms with E-state index in [1.165, 1.54) is 16.7 Å². The standard InChI is InChI=1S/C23H34N2O3/c1-17-5-6-18(2)19(14-17)16-25-11-9-23(10-12-25)8-7-20(28-23)15-24-22(26)21-4-3-13-27-21/h5-6,14,20-21H,3-4,7-13,15-16H2,1-2H3,(H,24,26)/t20-,21-/m0/s1. The van der Waals surface area contributed by atoms with E-state index >= 15 is 0 Å². The molecule has 1 amide bonds. The van der Waals surface area contributed by atoms with Gasteiger partial charge < -0.3 is 14.8 Å². The lowest BCUT2D eigenvalue weighted by Crippen LogP contribution is -2.45. The van der Waals surface area contributed by atoms with Crippen molar-refractivity contribution in [2.45, 2.75) is 76.7 Å². The van der Waals surface area contributed by atoms with Crippen molar-refractivity contribution in [2.24, 2.45) is 0 Å². The van der Waals surface area contributed by atoms with Gasteiger partial charge in [0, 0.05) is 32.8 Å². The number of benzene rings is 1. The van der Waals surface area contributed by atoms with Crippen molar-refractivity contribution >= 4 is 5.91 Å². The molecule has 1 spiro atoms. The van der Waals surface area contributed by atoms with Crippen LogP contribution in [0.25, 0.3) is 0 Å². The van der Waals surface area contributed by atoms with Crippen molar-refractivity contribution in [3.8, 4) is 0 Å². The predicted molar refractivity (Wildman–Crippen MR) is 109 cm³/mol. The van der Waals surface area contributed by atoms with Crippen LogP contribution in [0.2, 0.25) is 0 Å². The van der Waals surface area contributed by atoms with Crippen LogP contribution in [-0.2, 0) is 20.8 Å². The largest absolute Gasteiger partial charge is 0.370 e. The van der Waals surface area contributed by atoms with Crippen LogP contribution in [0.4, 0.5) is 0 Å². The number of amides is 1. The number of carbonyl (C=O) groups excluding carboxylic acids is 1. The minimum Gasteiger partial charge on any atom is -0.370 e. The number of likely N-dealkylation sites (tertiary alicyclic amines) is 1. The molecule has 3 aliphatic rings. The van der Waals surface area contributed by atoms with Crippen LogP contribution < -0.4 is 5.32 Å². The number of ether oxygens (including phenoxy) is 2. The smallest absolute Gasteiger partial charge is 0.249 e. The Morgan fingerprint density at radius 2 is 2.04 bits per heavy atom. The average Bonchev–Trinajstić information content (AvgIpc) is 3.36. The van der Waals surface area contributed by atoms with Crippen LogP contribution in [0, 0.1) is 13.8 Å². The third kappa shape index (κ3) is 4.58. The molecule has 0 bridgehead atoms. The lowest BCUT2D eigenvalue weighted by Gasteiger charge is -2.39. The van der Waals surface area contributed by atoms with Crippen LogP contribution >= 0.6 is 0 Å². The van der Waals surface area contributed by atoms with Gasteiger partial charge in [-0.05, 0) is 63.5 Å². The number of nitrogens with zero attached hydrogens (tertiary/aromatic N) is 1. The predicted octanol–water partition coefficient (Wildman–Crippen LogP) is 3.11. The van der Waals surface area contributed by atoms with Gasteiger partial charge in [0.2, 0.25) is 5.91 Å². The van der Waals surface area contributed by atoms with Gasteiger partial charge in [-0.15, -0.1) is 0 Å². The van der Waals surface area contributed by atoms with Gasteiger partial charge in [-0.25, -0.2) is 0 Å². The SMILES string of the molecule is Cc1ccc(C)c(CN2CCC3(CC[C@@H](CNC(=O)[C@@H]4CCCO4)O3)CC2)c1. The highest BCUT2D eigenvalue weighted by Crippen LogP contribution is 2.39. The average molecular weight is 387 g/mol. The summed E-state index contributed by atoms with van der Waals surface area (Å²) in [7, 11) is 0. The van der Waals surface area contributed by atoms with Crippen molar-refractivity contribution in [1.82, 2.24) is 10.2 Å². The molecular formula is C23H34N2O3. The zero-order valence-electron chi connectivity index (χ0n) is 17.3. The van der Waals surface area contributed by atoms with Crippen LogP contribution in [0.1, 0.15) is 55.2 Å². The summed E-state index contributed by atoms with van der Waals surface area (Å²) < 4.78 is 11.9. The van der Waals surface area contributed by atoms with Crippen LogP contribution in [0.5, 0.6) is 0 Å². The molecule has 5 heteroatoms. The van der Waals surface area contributed by atoms with E-state index in [4.69, 9.17) is 9.47 Å². The number of aryl methyl sites for hydroxylation is 2. The van der Waals surface area contributed by atoms with Crippen molar-refractivity contribution in [1.29, 1.82) is 0 Å². The summed E-state index contributed by atoms with van der Waals surface area (Å²) in [5.41, 5.74) is 4.18. The van der Waals surface area contributed by atoms with Crippen LogP contribution in [0.3, 0.4) is 0 Å². The van der Waals surface area contributed by atoms with Gasteiger partial charge in [-0.2, -0.15) is 0 Å². The molecule has 1 aromatic rings. The van der Waals surface area contributed by atoms with Gasteiger partial charge in [0.05, 0.1) is 11.7 Å². The second kappa shape index (κ2) is 8.52. The molecule has 4 rings (SSSR count). The van der Waals surface area contributed by atoms with Crippen molar-refractivity contribution in [3.05, 3.63) is 34.9 Å². The highest BCUT2D eigenvalue weighted by Gasteiger charge is 2.42. The number of carbonyl (C=O) groups is 1. The van der Waals surface area contributed by atoms with E-state index in [9.17, 15) is 4.79 Å². The molecule has 0 aromatic heterocycles. The molecule has 1 N–H and O–H groups in total. The Morgan fingerprint density at radius 3 is 2.79 bits per heavy atom. The summed E-state index contributed by atoms with van der Waals surface area (Å²) in [6, 6.07) is 6.73. The maximum Gasteiger partial charge on any atom is 0.249 e. The van der Waals surface area contributed by atoms with E-state index in [2.05, 4.69) is 42.3 Å². The molecule has 3 heterocycles. The zero-order valence-corrected chi connectivity index (χ0v) is 17.3. The molecule has 0 radical (unpaired) electrons. The number of hydrogen-bond acceptors (Lipinski definition) is 4. The molecule has 3 fully saturated rings. The van der Waals surface area contributed by atoms with Gasteiger partial charge in [-0.1, -0.05) is 23.8 Å². The second-order valence-electron chi connectivity index (χ2n) is 8.91. The van der Waals surface area contributed by atoms with E-state index in [1.54, 1.807) is 0 Å². The van der Waals surface area contributed by atoms with E-state index < -0.39 is 0 Å². The molecule has 5 nitrogen and oxygen atoms in total. The molecule has 1 aromatic carbocycles. The minimum absolute atomic E-state index is 0.0252. The van der Waals surface area contributed by atoms with Crippen molar-refractivity contribution in [2.75, 3.05) is 26.2 Å². The first-order chi connectivity index (χ1) is 13.5. The van der Waals surface area contributed by atoms with E-state index in [1.807, 2.05) is 0 Å². The van der Waals surface area contributed by atoms with Gasteiger partial charge in [-0.3, -0.25) is 9.69 Å². The summed E-state index contributed by atoms with van der Waals surface area (Å²) in [5, 5.41) is 3.04. The second-order valence-corrected chi connectivity index (χ2v) is 8.91. The Morgan fingerprint density at radius 1 is 1.21 bits per heavy atom. The maximum atomic E-state index is 12.1. The third-order valence-electron chi connectivity index (χ3n) is 6.73. The summed E-state index contributed by atoms with van der Waals surface area (Å²) in [6.07, 6.45) is 6.08. The fourth-order valence-electron chi connectivity index (χ4n) is 4.85. The Labute approximate surface area is 168 Å². The van der Waals surface area contributed by atoms with Gasteiger partial charge in [0.25, 0.3) is 0 Å². The molecule has 3 saturated heterocycles. The molecule has 0 aliphatic carbocycles. The normalized spacial score (nSPS) is 27.4. The fraction of sp³-hybridized carbons (Fsp3) is 0.696. The highest BCUT2D eigenvalue weighted by atomic mass is 16.5. The Hall–Kier alpha value is -1.43. The highest BCUT2D eigenvalue weighted by molar-refractivity contribution is 5.80. The first-order valence-corrected chi connectivity index (χ1v) is 10.9. The quantitative estimate of drug-likeness (QED) is 0.845. The number of hydrogen-bond donors (Lipinski definition) is 1. The maximum absolute atomic E-state index is 12.1. The zero-order chi connectivity index (χ0) is 19.6. The minimum atomic E-state index is -0.247. The van der Waals surface area contributed by atoms with Gasteiger partial charge in [0.15, 0.2) is 0 Å². The Balaban J connectivity index is 1.23. The molecule has 3 aliphatic heterocycles. The topological polar surface area (TPSA) is 50.8 Å². The summed E-state index contributed by atoms with van der Waals surface area (Å²) in [4.78, 5) is 14.7. The van der Waals surface area contributed by atoms with Crippen LogP contribution in [0.15, 0.2) is 18.2 Å². The van der Waals surface area contributed by atoms with Gasteiger partial charge in [0.1, 0.15) is 6.10 Å². The third-order valence-corrected chi connectivity index (χ3v) is 6.73. The number of rotatable bonds is 5. The summed E-state index contributed by atoms with van der Waals surface area (Å²) >= 11 is 0. The fourth-order valence-corrected chi connectivity index (χ4v) is 4.85.